The van der Waals surface area contributed by atoms with Crippen molar-refractivity contribution < 1.29 is 4.79 Å². The van der Waals surface area contributed by atoms with E-state index < -0.39 is 0 Å². The van der Waals surface area contributed by atoms with Gasteiger partial charge in [0.15, 0.2) is 0 Å². The second kappa shape index (κ2) is 3.71. The van der Waals surface area contributed by atoms with Crippen molar-refractivity contribution >= 4 is 27.5 Å². The summed E-state index contributed by atoms with van der Waals surface area (Å²) in [6.45, 7) is 2.48. The highest BCUT2D eigenvalue weighted by atomic mass is 79.9. The van der Waals surface area contributed by atoms with Crippen LogP contribution in [0.15, 0.2) is 28.7 Å². The summed E-state index contributed by atoms with van der Waals surface area (Å²) >= 11 is 3.36. The molecule has 0 aromatic heterocycles. The predicted molar refractivity (Wildman–Crippen MR) is 59.1 cm³/mol. The topological polar surface area (TPSA) is 32.3 Å². The van der Waals surface area contributed by atoms with Gasteiger partial charge in [-0.3, -0.25) is 15.0 Å². The van der Waals surface area contributed by atoms with Crippen LogP contribution in [-0.4, -0.2) is 18.6 Å². The molecule has 1 amide bonds. The summed E-state index contributed by atoms with van der Waals surface area (Å²) in [5.74, 6) is 0.132. The smallest absolute Gasteiger partial charge is 0.244 e. The van der Waals surface area contributed by atoms with Crippen molar-refractivity contribution in [1.29, 1.82) is 0 Å². The van der Waals surface area contributed by atoms with Crippen LogP contribution in [0.5, 0.6) is 0 Å². The highest BCUT2D eigenvalue weighted by Gasteiger charge is 2.27. The van der Waals surface area contributed by atoms with E-state index in [1.165, 1.54) is 0 Å². The minimum atomic E-state index is -0.0707. The van der Waals surface area contributed by atoms with Gasteiger partial charge in [0.2, 0.25) is 5.91 Å². The lowest BCUT2D eigenvalue weighted by Gasteiger charge is -2.14. The van der Waals surface area contributed by atoms with Crippen LogP contribution in [0.1, 0.15) is 6.92 Å². The number of anilines is 1. The minimum Gasteiger partial charge on any atom is -0.298 e. The Morgan fingerprint density at radius 2 is 2.07 bits per heavy atom. The monoisotopic (exact) mass is 254 g/mol. The molecule has 74 valence electrons. The summed E-state index contributed by atoms with van der Waals surface area (Å²) in [5.41, 5.74) is 0.940. The molecule has 3 nitrogen and oxygen atoms in total. The Hall–Kier alpha value is -0.870. The van der Waals surface area contributed by atoms with E-state index >= 15 is 0 Å². The van der Waals surface area contributed by atoms with Gasteiger partial charge in [-0.1, -0.05) is 15.9 Å². The molecule has 1 aliphatic heterocycles. The second-order valence-electron chi connectivity index (χ2n) is 3.33. The highest BCUT2D eigenvalue weighted by Crippen LogP contribution is 2.20. The van der Waals surface area contributed by atoms with E-state index in [4.69, 9.17) is 0 Å². The quantitative estimate of drug-likeness (QED) is 0.828. The molecule has 0 aliphatic carbocycles. The van der Waals surface area contributed by atoms with Crippen LogP contribution in [0.25, 0.3) is 0 Å². The van der Waals surface area contributed by atoms with Gasteiger partial charge in [-0.05, 0) is 31.2 Å². The first-order chi connectivity index (χ1) is 6.68. The third-order valence-electron chi connectivity index (χ3n) is 2.33. The molecule has 1 saturated heterocycles. The van der Waals surface area contributed by atoms with Crippen LogP contribution in [-0.2, 0) is 4.79 Å². The Kier molecular flexibility index (Phi) is 2.56. The van der Waals surface area contributed by atoms with E-state index in [-0.39, 0.29) is 11.9 Å². The molecule has 1 aromatic carbocycles. The number of nitrogens with one attached hydrogen (secondary N) is 1. The summed E-state index contributed by atoms with van der Waals surface area (Å²) in [6, 6.07) is 7.67. The number of rotatable bonds is 1. The van der Waals surface area contributed by atoms with Gasteiger partial charge in [-0.25, -0.2) is 0 Å². The number of hydrogen-bond donors (Lipinski definition) is 1. The van der Waals surface area contributed by atoms with Crippen molar-refractivity contribution in [3.63, 3.8) is 0 Å². The average Bonchev–Trinajstić information content (AvgIpc) is 2.50. The van der Waals surface area contributed by atoms with Crippen LogP contribution >= 0.6 is 15.9 Å². The predicted octanol–water partition coefficient (Wildman–Crippen LogP) is 1.73. The Bertz CT molecular complexity index is 350. The summed E-state index contributed by atoms with van der Waals surface area (Å²) in [4.78, 5) is 13.4. The van der Waals surface area contributed by atoms with Crippen molar-refractivity contribution in [2.24, 2.45) is 0 Å². The van der Waals surface area contributed by atoms with Crippen LogP contribution < -0.4 is 10.2 Å². The van der Waals surface area contributed by atoms with E-state index in [1.54, 1.807) is 4.90 Å². The van der Waals surface area contributed by atoms with Gasteiger partial charge < -0.3 is 0 Å². The molecule has 0 radical (unpaired) electrons. The van der Waals surface area contributed by atoms with E-state index in [9.17, 15) is 4.79 Å². The molecule has 2 rings (SSSR count). The average molecular weight is 255 g/mol. The summed E-state index contributed by atoms with van der Waals surface area (Å²) in [6.07, 6.45) is 0. The molecule has 1 fully saturated rings. The van der Waals surface area contributed by atoms with Crippen LogP contribution in [0.4, 0.5) is 5.69 Å². The summed E-state index contributed by atoms with van der Waals surface area (Å²) in [7, 11) is 0. The maximum atomic E-state index is 11.6. The molecule has 1 aliphatic rings. The first kappa shape index (κ1) is 9.68. The Morgan fingerprint density at radius 3 is 2.57 bits per heavy atom. The zero-order chi connectivity index (χ0) is 10.1. The number of hydrogen-bond acceptors (Lipinski definition) is 2. The van der Waals surface area contributed by atoms with Gasteiger partial charge in [0.05, 0.1) is 12.7 Å². The zero-order valence-electron chi connectivity index (χ0n) is 7.83. The Balaban J connectivity index is 2.24. The maximum absolute atomic E-state index is 11.6. The molecule has 0 spiro atoms. The summed E-state index contributed by atoms with van der Waals surface area (Å²) in [5, 5.41) is 3.10. The SMILES string of the molecule is CC1NCN(c2ccc(Br)cc2)C1=O. The number of benzene rings is 1. The molecule has 1 atom stereocenters. The Morgan fingerprint density at radius 1 is 1.43 bits per heavy atom. The molecule has 0 saturated carbocycles. The van der Waals surface area contributed by atoms with Crippen molar-refractivity contribution in [2.45, 2.75) is 13.0 Å². The van der Waals surface area contributed by atoms with Gasteiger partial charge in [0, 0.05) is 10.2 Å². The zero-order valence-corrected chi connectivity index (χ0v) is 9.41. The van der Waals surface area contributed by atoms with Crippen molar-refractivity contribution in [3.8, 4) is 0 Å². The number of carbonyl (C=O) groups is 1. The second-order valence-corrected chi connectivity index (χ2v) is 4.24. The number of carbonyl (C=O) groups excluding carboxylic acids is 1. The molecular weight excluding hydrogens is 244 g/mol. The lowest BCUT2D eigenvalue weighted by Crippen LogP contribution is -2.28. The van der Waals surface area contributed by atoms with E-state index in [0.29, 0.717) is 6.67 Å². The summed E-state index contributed by atoms with van der Waals surface area (Å²) < 4.78 is 1.02. The molecule has 1 heterocycles. The van der Waals surface area contributed by atoms with Gasteiger partial charge in [-0.2, -0.15) is 0 Å². The first-order valence-electron chi connectivity index (χ1n) is 4.49. The van der Waals surface area contributed by atoms with Gasteiger partial charge in [-0.15, -0.1) is 0 Å². The third-order valence-corrected chi connectivity index (χ3v) is 2.86. The van der Waals surface area contributed by atoms with Crippen LogP contribution in [0.3, 0.4) is 0 Å². The number of nitrogens with zero attached hydrogens (tertiary/aromatic N) is 1. The molecule has 4 heteroatoms. The Labute approximate surface area is 91.2 Å². The normalized spacial score (nSPS) is 21.7. The van der Waals surface area contributed by atoms with Crippen LogP contribution in [0.2, 0.25) is 0 Å². The van der Waals surface area contributed by atoms with E-state index in [2.05, 4.69) is 21.2 Å². The first-order valence-corrected chi connectivity index (χ1v) is 5.28. The van der Waals surface area contributed by atoms with E-state index in [0.717, 1.165) is 10.2 Å². The lowest BCUT2D eigenvalue weighted by molar-refractivity contribution is -0.118. The standard InChI is InChI=1S/C10H11BrN2O/c1-7-10(14)13(6-12-7)9-4-2-8(11)3-5-9/h2-5,7,12H,6H2,1H3. The fourth-order valence-electron chi connectivity index (χ4n) is 1.47. The molecule has 1 unspecified atom stereocenters. The minimum absolute atomic E-state index is 0.0707. The van der Waals surface area contributed by atoms with Gasteiger partial charge in [0.25, 0.3) is 0 Å². The molecule has 1 N–H and O–H groups in total. The lowest BCUT2D eigenvalue weighted by atomic mass is 10.3. The molecular formula is C10H11BrN2O. The highest BCUT2D eigenvalue weighted by molar-refractivity contribution is 9.10. The number of amides is 1. The van der Waals surface area contributed by atoms with Crippen molar-refractivity contribution in [2.75, 3.05) is 11.6 Å². The number of halogens is 1. The fourth-order valence-corrected chi connectivity index (χ4v) is 1.73. The fraction of sp³-hybridized carbons (Fsp3) is 0.300. The van der Waals surface area contributed by atoms with Gasteiger partial charge in [0.1, 0.15) is 0 Å². The van der Waals surface area contributed by atoms with Crippen molar-refractivity contribution in [3.05, 3.63) is 28.7 Å². The van der Waals surface area contributed by atoms with Gasteiger partial charge >= 0.3 is 0 Å². The molecule has 0 bridgehead atoms. The third kappa shape index (κ3) is 1.67. The molecule has 1 aromatic rings. The van der Waals surface area contributed by atoms with E-state index in [1.807, 2.05) is 31.2 Å². The van der Waals surface area contributed by atoms with Crippen molar-refractivity contribution in [1.82, 2.24) is 5.32 Å². The maximum Gasteiger partial charge on any atom is 0.244 e. The largest absolute Gasteiger partial charge is 0.298 e. The van der Waals surface area contributed by atoms with Crippen LogP contribution in [0, 0.1) is 0 Å². The molecule has 14 heavy (non-hydrogen) atoms.